The number of rotatable bonds is 6. The molecule has 1 aromatic rings. The average Bonchev–Trinajstić information content (AvgIpc) is 2.34. The summed E-state index contributed by atoms with van der Waals surface area (Å²) in [4.78, 5) is 22.1. The van der Waals surface area contributed by atoms with Crippen molar-refractivity contribution in [1.29, 1.82) is 0 Å². The number of ether oxygens (including phenoxy) is 2. The summed E-state index contributed by atoms with van der Waals surface area (Å²) in [6.07, 6.45) is 0.589. The highest BCUT2D eigenvalue weighted by atomic mass is 79.9. The van der Waals surface area contributed by atoms with Gasteiger partial charge in [-0.05, 0) is 6.07 Å². The number of methoxy groups -OCH3 is 2. The summed E-state index contributed by atoms with van der Waals surface area (Å²) in [5.41, 5.74) is 0.306. The zero-order chi connectivity index (χ0) is 15.5. The maximum Gasteiger partial charge on any atom is 0.304 e. The number of hydrogen-bond acceptors (Lipinski definition) is 4. The van der Waals surface area contributed by atoms with Gasteiger partial charge < -0.3 is 14.6 Å². The molecule has 5 nitrogen and oxygen atoms in total. The normalized spacial score (nSPS) is 11.1. The fraction of sp³-hybridized carbons (Fsp3) is 0.429. The number of halogens is 1. The minimum absolute atomic E-state index is 0.0778. The minimum Gasteiger partial charge on any atom is -0.492 e. The summed E-state index contributed by atoms with van der Waals surface area (Å²) < 4.78 is 11.2. The Balaban J connectivity index is 3.61. The molecule has 0 saturated heterocycles. The molecule has 0 aliphatic carbocycles. The highest BCUT2D eigenvalue weighted by Gasteiger charge is 2.32. The first-order valence-corrected chi connectivity index (χ1v) is 6.69. The van der Waals surface area contributed by atoms with Crippen LogP contribution in [0.1, 0.15) is 36.2 Å². The van der Waals surface area contributed by atoms with E-state index < -0.39 is 11.4 Å². The van der Waals surface area contributed by atoms with Gasteiger partial charge in [0.1, 0.15) is 0 Å². The number of aliphatic carboxylic acids is 1. The molecule has 0 amide bonds. The predicted molar refractivity (Wildman–Crippen MR) is 77.9 cm³/mol. The molecule has 1 aromatic carbocycles. The van der Waals surface area contributed by atoms with E-state index in [4.69, 9.17) is 14.6 Å². The van der Waals surface area contributed by atoms with Crippen LogP contribution in [0.15, 0.2) is 10.5 Å². The van der Waals surface area contributed by atoms with E-state index in [0.29, 0.717) is 33.4 Å². The van der Waals surface area contributed by atoms with E-state index in [1.165, 1.54) is 14.2 Å². The Kier molecular flexibility index (Phi) is 5.16. The number of hydrogen-bond donors (Lipinski definition) is 1. The van der Waals surface area contributed by atoms with Crippen molar-refractivity contribution in [3.63, 3.8) is 0 Å². The summed E-state index contributed by atoms with van der Waals surface area (Å²) in [6.45, 7) is 3.59. The van der Waals surface area contributed by atoms with Gasteiger partial charge in [0.25, 0.3) is 0 Å². The molecule has 20 heavy (non-hydrogen) atoms. The fourth-order valence-electron chi connectivity index (χ4n) is 2.22. The third-order valence-corrected chi connectivity index (χ3v) is 3.65. The van der Waals surface area contributed by atoms with Crippen molar-refractivity contribution in [3.8, 4) is 11.5 Å². The quantitative estimate of drug-likeness (QED) is 0.803. The van der Waals surface area contributed by atoms with E-state index in [-0.39, 0.29) is 6.42 Å². The van der Waals surface area contributed by atoms with Gasteiger partial charge in [0, 0.05) is 15.5 Å². The summed E-state index contributed by atoms with van der Waals surface area (Å²) in [7, 11) is 2.89. The molecule has 0 heterocycles. The monoisotopic (exact) mass is 344 g/mol. The van der Waals surface area contributed by atoms with Gasteiger partial charge in [-0.25, -0.2) is 0 Å². The van der Waals surface area contributed by atoms with Crippen LogP contribution in [0.25, 0.3) is 0 Å². The molecule has 0 aliphatic rings. The van der Waals surface area contributed by atoms with Crippen molar-refractivity contribution in [2.24, 2.45) is 0 Å². The number of carbonyl (C=O) groups excluding carboxylic acids is 1. The number of carboxylic acid groups (broad SMARTS) is 1. The van der Waals surface area contributed by atoms with Gasteiger partial charge in [0.05, 0.1) is 26.2 Å². The molecule has 0 bridgehead atoms. The Morgan fingerprint density at radius 2 is 1.90 bits per heavy atom. The lowest BCUT2D eigenvalue weighted by Gasteiger charge is -2.28. The van der Waals surface area contributed by atoms with Crippen LogP contribution in [0.2, 0.25) is 0 Å². The van der Waals surface area contributed by atoms with Crippen molar-refractivity contribution in [2.75, 3.05) is 14.2 Å². The van der Waals surface area contributed by atoms with Crippen LogP contribution in [-0.4, -0.2) is 31.6 Å². The molecule has 0 unspecified atom stereocenters. The van der Waals surface area contributed by atoms with Crippen LogP contribution < -0.4 is 9.47 Å². The summed E-state index contributed by atoms with van der Waals surface area (Å²) in [5, 5.41) is 9.05. The molecule has 0 saturated carbocycles. The fourth-order valence-corrected chi connectivity index (χ4v) is 3.18. The zero-order valence-electron chi connectivity index (χ0n) is 11.8. The summed E-state index contributed by atoms with van der Waals surface area (Å²) in [5.74, 6) is -0.239. The van der Waals surface area contributed by atoms with Gasteiger partial charge in [-0.3, -0.25) is 9.59 Å². The summed E-state index contributed by atoms with van der Waals surface area (Å²) in [6, 6.07) is 1.60. The van der Waals surface area contributed by atoms with E-state index in [0.717, 1.165) is 0 Å². The standard InChI is InChI=1S/C14H17BrO5/c1-14(2,6-10(17)18)11-9(15)5-8(7-16)12(19-3)13(11)20-4/h5,7H,6H2,1-4H3,(H,17,18). The number of carbonyl (C=O) groups is 2. The first-order valence-electron chi connectivity index (χ1n) is 5.90. The molecule has 0 spiro atoms. The van der Waals surface area contributed by atoms with E-state index in [1.54, 1.807) is 19.9 Å². The topological polar surface area (TPSA) is 72.8 Å². The Morgan fingerprint density at radius 3 is 2.30 bits per heavy atom. The van der Waals surface area contributed by atoms with E-state index in [2.05, 4.69) is 15.9 Å². The maximum atomic E-state index is 11.1. The lowest BCUT2D eigenvalue weighted by atomic mass is 9.80. The predicted octanol–water partition coefficient (Wildman–Crippen LogP) is 3.03. The lowest BCUT2D eigenvalue weighted by Crippen LogP contribution is -2.23. The van der Waals surface area contributed by atoms with Gasteiger partial charge in [0.15, 0.2) is 17.8 Å². The van der Waals surface area contributed by atoms with E-state index >= 15 is 0 Å². The zero-order valence-corrected chi connectivity index (χ0v) is 13.4. The molecule has 0 atom stereocenters. The van der Waals surface area contributed by atoms with Gasteiger partial charge >= 0.3 is 5.97 Å². The smallest absolute Gasteiger partial charge is 0.304 e. The van der Waals surface area contributed by atoms with Crippen LogP contribution in [0, 0.1) is 0 Å². The summed E-state index contributed by atoms with van der Waals surface area (Å²) >= 11 is 3.38. The van der Waals surface area contributed by atoms with Crippen LogP contribution in [0.4, 0.5) is 0 Å². The second-order valence-corrected chi connectivity index (χ2v) is 5.82. The molecule has 0 radical (unpaired) electrons. The van der Waals surface area contributed by atoms with Crippen molar-refractivity contribution < 1.29 is 24.2 Å². The van der Waals surface area contributed by atoms with E-state index in [1.807, 2.05) is 0 Å². The van der Waals surface area contributed by atoms with Crippen molar-refractivity contribution in [3.05, 3.63) is 21.7 Å². The molecule has 1 rings (SSSR count). The minimum atomic E-state index is -0.914. The van der Waals surface area contributed by atoms with Crippen LogP contribution in [0.3, 0.4) is 0 Å². The molecule has 6 heteroatoms. The largest absolute Gasteiger partial charge is 0.492 e. The van der Waals surface area contributed by atoms with Crippen LogP contribution in [-0.2, 0) is 10.2 Å². The Hall–Kier alpha value is -1.56. The molecule has 0 aliphatic heterocycles. The highest BCUT2D eigenvalue weighted by Crippen LogP contribution is 2.46. The first-order chi connectivity index (χ1) is 9.28. The van der Waals surface area contributed by atoms with Gasteiger partial charge in [0.2, 0.25) is 0 Å². The molecular formula is C14H17BrO5. The Labute approximate surface area is 126 Å². The molecule has 1 N–H and O–H groups in total. The Morgan fingerprint density at radius 1 is 1.35 bits per heavy atom. The SMILES string of the molecule is COc1c(C=O)cc(Br)c(C(C)(C)CC(=O)O)c1OC. The van der Waals surface area contributed by atoms with Crippen LogP contribution >= 0.6 is 15.9 Å². The van der Waals surface area contributed by atoms with Crippen molar-refractivity contribution in [2.45, 2.75) is 25.7 Å². The van der Waals surface area contributed by atoms with Gasteiger partial charge in [-0.15, -0.1) is 0 Å². The van der Waals surface area contributed by atoms with Gasteiger partial charge in [-0.2, -0.15) is 0 Å². The third kappa shape index (κ3) is 3.12. The maximum absolute atomic E-state index is 11.1. The molecular weight excluding hydrogens is 328 g/mol. The van der Waals surface area contributed by atoms with E-state index in [9.17, 15) is 9.59 Å². The number of carboxylic acids is 1. The second kappa shape index (κ2) is 6.26. The second-order valence-electron chi connectivity index (χ2n) is 4.96. The molecule has 0 aromatic heterocycles. The van der Waals surface area contributed by atoms with Crippen molar-refractivity contribution >= 4 is 28.2 Å². The molecule has 0 fully saturated rings. The molecule has 110 valence electrons. The first kappa shape index (κ1) is 16.5. The lowest BCUT2D eigenvalue weighted by molar-refractivity contribution is -0.138. The van der Waals surface area contributed by atoms with Crippen molar-refractivity contribution in [1.82, 2.24) is 0 Å². The highest BCUT2D eigenvalue weighted by molar-refractivity contribution is 9.10. The number of aldehydes is 1. The third-order valence-electron chi connectivity index (χ3n) is 3.02. The number of benzene rings is 1. The van der Waals surface area contributed by atoms with Crippen LogP contribution in [0.5, 0.6) is 11.5 Å². The van der Waals surface area contributed by atoms with Gasteiger partial charge in [-0.1, -0.05) is 29.8 Å². The average molecular weight is 345 g/mol. The Bertz CT molecular complexity index is 537.